The average molecular weight is 312 g/mol. The molecular formula is C19H36O3. The van der Waals surface area contributed by atoms with Crippen molar-refractivity contribution in [3.05, 3.63) is 0 Å². The van der Waals surface area contributed by atoms with Crippen molar-refractivity contribution in [2.24, 2.45) is 5.92 Å². The van der Waals surface area contributed by atoms with Gasteiger partial charge in [-0.3, -0.25) is 9.59 Å². The van der Waals surface area contributed by atoms with E-state index in [0.29, 0.717) is 18.1 Å². The maximum atomic E-state index is 11.9. The molecule has 0 aliphatic carbocycles. The Morgan fingerprint density at radius 3 is 2.00 bits per heavy atom. The highest BCUT2D eigenvalue weighted by Gasteiger charge is 2.09. The van der Waals surface area contributed by atoms with Gasteiger partial charge in [0.25, 0.3) is 0 Å². The normalized spacial score (nSPS) is 12.3. The Hall–Kier alpha value is -0.860. The van der Waals surface area contributed by atoms with Gasteiger partial charge in [-0.2, -0.15) is 0 Å². The standard InChI is InChI=1S/C19H36O3/c1-3-4-5-6-7-10-13-17(2)16-18(20)14-11-8-9-12-15-19(21)22/h17H,3-16H2,1-2H3,(H,21,22)/t17-/m1/s1. The summed E-state index contributed by atoms with van der Waals surface area (Å²) in [5.41, 5.74) is 0. The van der Waals surface area contributed by atoms with Crippen LogP contribution in [0.2, 0.25) is 0 Å². The summed E-state index contributed by atoms with van der Waals surface area (Å²) in [7, 11) is 0. The molecule has 130 valence electrons. The van der Waals surface area contributed by atoms with Gasteiger partial charge in [0.05, 0.1) is 0 Å². The Labute approximate surface area is 136 Å². The van der Waals surface area contributed by atoms with Crippen LogP contribution in [0.15, 0.2) is 0 Å². The highest BCUT2D eigenvalue weighted by molar-refractivity contribution is 5.78. The smallest absolute Gasteiger partial charge is 0.303 e. The number of carboxylic acid groups (broad SMARTS) is 1. The van der Waals surface area contributed by atoms with Gasteiger partial charge in [0, 0.05) is 19.3 Å². The van der Waals surface area contributed by atoms with Crippen LogP contribution in [0.1, 0.15) is 104 Å². The quantitative estimate of drug-likeness (QED) is 0.369. The Bertz CT molecular complexity index is 286. The van der Waals surface area contributed by atoms with Crippen LogP contribution in [0.5, 0.6) is 0 Å². The van der Waals surface area contributed by atoms with Crippen molar-refractivity contribution in [3.63, 3.8) is 0 Å². The molecule has 0 saturated carbocycles. The molecule has 1 atom stereocenters. The maximum absolute atomic E-state index is 11.9. The Balaban J connectivity index is 3.40. The minimum absolute atomic E-state index is 0.253. The van der Waals surface area contributed by atoms with Crippen LogP contribution in [0.4, 0.5) is 0 Å². The minimum atomic E-state index is -0.723. The van der Waals surface area contributed by atoms with E-state index in [1.54, 1.807) is 0 Å². The van der Waals surface area contributed by atoms with Gasteiger partial charge in [0.1, 0.15) is 5.78 Å². The van der Waals surface area contributed by atoms with Gasteiger partial charge in [0.2, 0.25) is 0 Å². The van der Waals surface area contributed by atoms with Crippen LogP contribution in [0.25, 0.3) is 0 Å². The van der Waals surface area contributed by atoms with E-state index in [4.69, 9.17) is 5.11 Å². The van der Waals surface area contributed by atoms with E-state index in [2.05, 4.69) is 13.8 Å². The van der Waals surface area contributed by atoms with Crippen molar-refractivity contribution in [2.45, 2.75) is 104 Å². The lowest BCUT2D eigenvalue weighted by Gasteiger charge is -2.10. The first-order valence-corrected chi connectivity index (χ1v) is 9.29. The van der Waals surface area contributed by atoms with E-state index in [1.807, 2.05) is 0 Å². The van der Waals surface area contributed by atoms with Gasteiger partial charge in [-0.1, -0.05) is 71.6 Å². The molecule has 3 heteroatoms. The number of rotatable bonds is 16. The predicted octanol–water partition coefficient (Wildman–Crippen LogP) is 5.76. The van der Waals surface area contributed by atoms with Gasteiger partial charge in [-0.15, -0.1) is 0 Å². The third-order valence-electron chi connectivity index (χ3n) is 4.22. The highest BCUT2D eigenvalue weighted by Crippen LogP contribution is 2.17. The molecule has 0 saturated heterocycles. The SMILES string of the molecule is CCCCCCCC[C@@H](C)CC(=O)CCCCCCC(=O)O. The number of unbranched alkanes of at least 4 members (excludes halogenated alkanes) is 8. The van der Waals surface area contributed by atoms with Crippen molar-refractivity contribution in [2.75, 3.05) is 0 Å². The van der Waals surface area contributed by atoms with Gasteiger partial charge in [0.15, 0.2) is 0 Å². The van der Waals surface area contributed by atoms with Crippen LogP contribution in [0, 0.1) is 5.92 Å². The molecule has 0 aliphatic rings. The summed E-state index contributed by atoms with van der Waals surface area (Å²) in [6.07, 6.45) is 14.3. The molecule has 0 bridgehead atoms. The van der Waals surface area contributed by atoms with Crippen LogP contribution in [-0.4, -0.2) is 16.9 Å². The first kappa shape index (κ1) is 21.1. The summed E-state index contributed by atoms with van der Waals surface area (Å²) in [6, 6.07) is 0. The molecule has 22 heavy (non-hydrogen) atoms. The monoisotopic (exact) mass is 312 g/mol. The fraction of sp³-hybridized carbons (Fsp3) is 0.895. The average Bonchev–Trinajstić information content (AvgIpc) is 2.46. The molecular weight excluding hydrogens is 276 g/mol. The summed E-state index contributed by atoms with van der Waals surface area (Å²) in [4.78, 5) is 22.2. The number of hydrogen-bond acceptors (Lipinski definition) is 2. The summed E-state index contributed by atoms with van der Waals surface area (Å²) in [6.45, 7) is 4.43. The number of ketones is 1. The fourth-order valence-corrected chi connectivity index (χ4v) is 2.82. The van der Waals surface area contributed by atoms with E-state index in [9.17, 15) is 9.59 Å². The number of carbonyl (C=O) groups is 2. The largest absolute Gasteiger partial charge is 0.481 e. The van der Waals surface area contributed by atoms with Crippen LogP contribution in [-0.2, 0) is 9.59 Å². The molecule has 0 aromatic rings. The zero-order valence-electron chi connectivity index (χ0n) is 14.7. The second kappa shape index (κ2) is 15.1. The number of hydrogen-bond donors (Lipinski definition) is 1. The van der Waals surface area contributed by atoms with Crippen molar-refractivity contribution in [3.8, 4) is 0 Å². The fourth-order valence-electron chi connectivity index (χ4n) is 2.82. The summed E-state index contributed by atoms with van der Waals surface area (Å²) in [5, 5.41) is 8.53. The third kappa shape index (κ3) is 15.5. The lowest BCUT2D eigenvalue weighted by molar-refractivity contribution is -0.137. The summed E-state index contributed by atoms with van der Waals surface area (Å²) >= 11 is 0. The van der Waals surface area contributed by atoms with Gasteiger partial charge < -0.3 is 5.11 Å². The van der Waals surface area contributed by atoms with Crippen molar-refractivity contribution in [1.29, 1.82) is 0 Å². The van der Waals surface area contributed by atoms with Crippen LogP contribution >= 0.6 is 0 Å². The molecule has 0 amide bonds. The zero-order valence-corrected chi connectivity index (χ0v) is 14.7. The molecule has 0 aromatic heterocycles. The van der Waals surface area contributed by atoms with Crippen LogP contribution in [0.3, 0.4) is 0 Å². The molecule has 3 nitrogen and oxygen atoms in total. The highest BCUT2D eigenvalue weighted by atomic mass is 16.4. The number of Topliss-reactive ketones (excluding diaryl/α,β-unsaturated/α-hetero) is 1. The molecule has 0 radical (unpaired) electrons. The lowest BCUT2D eigenvalue weighted by Crippen LogP contribution is -2.05. The maximum Gasteiger partial charge on any atom is 0.303 e. The molecule has 0 aliphatic heterocycles. The Kier molecular flexibility index (Phi) is 14.5. The van der Waals surface area contributed by atoms with E-state index in [0.717, 1.165) is 32.1 Å². The van der Waals surface area contributed by atoms with Gasteiger partial charge in [-0.25, -0.2) is 0 Å². The summed E-state index contributed by atoms with van der Waals surface area (Å²) in [5.74, 6) is 0.182. The predicted molar refractivity (Wildman–Crippen MR) is 92.1 cm³/mol. The minimum Gasteiger partial charge on any atom is -0.481 e. The first-order chi connectivity index (χ1) is 10.6. The molecule has 0 fully saturated rings. The third-order valence-corrected chi connectivity index (χ3v) is 4.22. The lowest BCUT2D eigenvalue weighted by atomic mass is 9.95. The van der Waals surface area contributed by atoms with Crippen molar-refractivity contribution in [1.82, 2.24) is 0 Å². The number of carbonyl (C=O) groups excluding carboxylic acids is 1. The molecule has 0 unspecified atom stereocenters. The van der Waals surface area contributed by atoms with Crippen molar-refractivity contribution >= 4 is 11.8 Å². The Morgan fingerprint density at radius 2 is 1.36 bits per heavy atom. The van der Waals surface area contributed by atoms with E-state index < -0.39 is 5.97 Å². The second-order valence-electron chi connectivity index (χ2n) is 6.71. The number of aliphatic carboxylic acids is 1. The Morgan fingerprint density at radius 1 is 0.818 bits per heavy atom. The molecule has 1 N–H and O–H groups in total. The van der Waals surface area contributed by atoms with Gasteiger partial charge in [-0.05, 0) is 18.8 Å². The van der Waals surface area contributed by atoms with Gasteiger partial charge >= 0.3 is 5.97 Å². The zero-order chi connectivity index (χ0) is 16.6. The molecule has 0 spiro atoms. The van der Waals surface area contributed by atoms with E-state index in [-0.39, 0.29) is 6.42 Å². The summed E-state index contributed by atoms with van der Waals surface area (Å²) < 4.78 is 0. The molecule has 0 heterocycles. The molecule has 0 aromatic carbocycles. The first-order valence-electron chi connectivity index (χ1n) is 9.29. The van der Waals surface area contributed by atoms with E-state index in [1.165, 1.54) is 44.9 Å². The number of carboxylic acids is 1. The van der Waals surface area contributed by atoms with Crippen LogP contribution < -0.4 is 0 Å². The molecule has 0 rings (SSSR count). The second-order valence-corrected chi connectivity index (χ2v) is 6.71. The van der Waals surface area contributed by atoms with E-state index >= 15 is 0 Å². The van der Waals surface area contributed by atoms with Crippen molar-refractivity contribution < 1.29 is 14.7 Å². The topological polar surface area (TPSA) is 54.4 Å².